The Hall–Kier alpha value is -6.26. The Balaban J connectivity index is 1.32. The third-order valence-electron chi connectivity index (χ3n) is 15.8. The Labute approximate surface area is 398 Å². The second-order valence-electron chi connectivity index (χ2n) is 24.7. The highest BCUT2D eigenvalue weighted by Gasteiger charge is 2.53. The molecule has 3 aliphatic rings. The third kappa shape index (κ3) is 5.84. The topological polar surface area (TPSA) is 13.1 Å². The van der Waals surface area contributed by atoms with E-state index in [9.17, 15) is 0 Å². The van der Waals surface area contributed by atoms with Crippen molar-refractivity contribution in [3.8, 4) is 11.4 Å². The van der Waals surface area contributed by atoms with Crippen LogP contribution in [0.4, 0.5) is 5.69 Å². The van der Waals surface area contributed by atoms with Crippen molar-refractivity contribution in [3.05, 3.63) is 178 Å². The van der Waals surface area contributed by atoms with E-state index in [4.69, 9.17) is 0 Å². The van der Waals surface area contributed by atoms with E-state index in [1.807, 2.05) is 0 Å². The van der Waals surface area contributed by atoms with E-state index in [1.165, 1.54) is 122 Å². The minimum Gasteiger partial charge on any atom is -0.379 e. The molecule has 334 valence electrons. The predicted octanol–water partition coefficient (Wildman–Crippen LogP) is 15.1. The number of hydrogen-bond donors (Lipinski definition) is 0. The van der Waals surface area contributed by atoms with Gasteiger partial charge in [-0.05, 0) is 120 Å². The van der Waals surface area contributed by atoms with E-state index >= 15 is 0 Å². The van der Waals surface area contributed by atoms with E-state index in [0.29, 0.717) is 0 Å². The van der Waals surface area contributed by atoms with Crippen molar-refractivity contribution in [1.29, 1.82) is 0 Å². The molecule has 4 heterocycles. The van der Waals surface area contributed by atoms with Crippen LogP contribution in [0.15, 0.2) is 139 Å². The van der Waals surface area contributed by atoms with Gasteiger partial charge in [0.1, 0.15) is 0 Å². The summed E-state index contributed by atoms with van der Waals surface area (Å²) in [5, 5.41) is 5.21. The van der Waals surface area contributed by atoms with Gasteiger partial charge in [0.05, 0.1) is 22.1 Å². The first-order valence-electron chi connectivity index (χ1n) is 24.6. The summed E-state index contributed by atoms with van der Waals surface area (Å²) in [5.41, 5.74) is 23.5. The lowest BCUT2D eigenvalue weighted by Crippen LogP contribution is -2.63. The third-order valence-corrected chi connectivity index (χ3v) is 15.8. The van der Waals surface area contributed by atoms with Crippen molar-refractivity contribution in [2.24, 2.45) is 0 Å². The van der Waals surface area contributed by atoms with E-state index in [-0.39, 0.29) is 33.9 Å². The molecule has 0 fully saturated rings. The fraction of sp³-hybridized carbons (Fsp3) is 0.302. The highest BCUT2D eigenvalue weighted by Crippen LogP contribution is 2.56. The molecule has 3 nitrogen and oxygen atoms in total. The molecule has 0 atom stereocenters. The molecule has 67 heavy (non-hydrogen) atoms. The number of hydrogen-bond acceptors (Lipinski definition) is 1. The molecule has 2 aromatic heterocycles. The molecule has 9 aromatic rings. The van der Waals surface area contributed by atoms with Crippen LogP contribution in [-0.4, -0.2) is 16.0 Å². The lowest BCUT2D eigenvalue weighted by atomic mass is 9.43. The molecule has 1 aliphatic carbocycles. The molecule has 12 rings (SSSR count). The molecule has 0 radical (unpaired) electrons. The summed E-state index contributed by atoms with van der Waals surface area (Å²) in [7, 11) is 0. The number of nitrogens with zero attached hydrogens (tertiary/aromatic N) is 3. The zero-order chi connectivity index (χ0) is 47.1. The molecule has 0 saturated carbocycles. The normalized spacial score (nSPS) is 15.6. The Morgan fingerprint density at radius 2 is 1.03 bits per heavy atom. The predicted molar refractivity (Wildman–Crippen MR) is 289 cm³/mol. The van der Waals surface area contributed by atoms with E-state index < -0.39 is 0 Å². The largest absolute Gasteiger partial charge is 0.379 e. The van der Waals surface area contributed by atoms with Crippen molar-refractivity contribution in [2.75, 3.05) is 4.81 Å². The van der Waals surface area contributed by atoms with Gasteiger partial charge in [0.25, 0.3) is 0 Å². The minimum absolute atomic E-state index is 0.000337. The number of allylic oxidation sites excluding steroid dienone is 1. The van der Waals surface area contributed by atoms with Gasteiger partial charge in [-0.2, -0.15) is 0 Å². The van der Waals surface area contributed by atoms with E-state index in [1.54, 1.807) is 0 Å². The quantitative estimate of drug-likeness (QED) is 0.158. The Bertz CT molecular complexity index is 3620. The zero-order valence-electron chi connectivity index (χ0n) is 42.1. The van der Waals surface area contributed by atoms with Crippen LogP contribution in [-0.2, 0) is 27.1 Å². The lowest BCUT2D eigenvalue weighted by Gasteiger charge is -2.46. The van der Waals surface area contributed by atoms with Gasteiger partial charge in [-0.3, -0.25) is 0 Å². The second kappa shape index (κ2) is 13.5. The first-order chi connectivity index (χ1) is 31.5. The number of aromatic nitrogens is 2. The van der Waals surface area contributed by atoms with Crippen molar-refractivity contribution in [1.82, 2.24) is 9.13 Å². The number of benzene rings is 7. The highest BCUT2D eigenvalue weighted by atomic mass is 15.1. The molecular weight excluding hydrogens is 810 g/mol. The van der Waals surface area contributed by atoms with Crippen LogP contribution in [0.2, 0.25) is 0 Å². The second-order valence-corrected chi connectivity index (χ2v) is 24.7. The molecule has 4 heteroatoms. The van der Waals surface area contributed by atoms with Crippen molar-refractivity contribution < 1.29 is 0 Å². The van der Waals surface area contributed by atoms with Crippen LogP contribution in [0.5, 0.6) is 0 Å². The van der Waals surface area contributed by atoms with Gasteiger partial charge in [0, 0.05) is 55.3 Å². The Morgan fingerprint density at radius 3 is 1.70 bits per heavy atom. The maximum Gasteiger partial charge on any atom is 0.332 e. The Kier molecular flexibility index (Phi) is 8.47. The van der Waals surface area contributed by atoms with E-state index in [0.717, 1.165) is 0 Å². The van der Waals surface area contributed by atoms with Crippen LogP contribution in [0, 0.1) is 0 Å². The molecule has 0 unspecified atom stereocenters. The molecule has 0 saturated heterocycles. The molecule has 0 amide bonds. The molecular formula is C63H64BN3. The van der Waals surface area contributed by atoms with Gasteiger partial charge in [0.15, 0.2) is 0 Å². The van der Waals surface area contributed by atoms with Gasteiger partial charge in [-0.15, -0.1) is 0 Å². The first kappa shape index (κ1) is 42.1. The van der Waals surface area contributed by atoms with Crippen LogP contribution < -0.4 is 15.7 Å². The van der Waals surface area contributed by atoms with Crippen LogP contribution >= 0.6 is 0 Å². The smallest absolute Gasteiger partial charge is 0.332 e. The molecule has 7 aromatic carbocycles. The number of anilines is 1. The maximum atomic E-state index is 2.81. The van der Waals surface area contributed by atoms with Gasteiger partial charge < -0.3 is 13.9 Å². The summed E-state index contributed by atoms with van der Waals surface area (Å²) in [6, 6.07) is 52.3. The fourth-order valence-corrected chi connectivity index (χ4v) is 12.2. The van der Waals surface area contributed by atoms with Crippen molar-refractivity contribution >= 4 is 72.6 Å². The Morgan fingerprint density at radius 1 is 0.448 bits per heavy atom. The molecule has 2 aliphatic heterocycles. The minimum atomic E-state index is -0.294. The van der Waals surface area contributed by atoms with E-state index in [2.05, 4.69) is 244 Å². The van der Waals surface area contributed by atoms with Crippen molar-refractivity contribution in [2.45, 2.75) is 124 Å². The first-order valence-corrected chi connectivity index (χ1v) is 24.6. The molecule has 0 bridgehead atoms. The molecule has 0 spiro atoms. The van der Waals surface area contributed by atoms with Gasteiger partial charge in [-0.1, -0.05) is 182 Å². The fourth-order valence-electron chi connectivity index (χ4n) is 12.2. The van der Waals surface area contributed by atoms with Gasteiger partial charge in [0.2, 0.25) is 0 Å². The van der Waals surface area contributed by atoms with Crippen LogP contribution in [0.25, 0.3) is 60.6 Å². The van der Waals surface area contributed by atoms with Crippen LogP contribution in [0.3, 0.4) is 0 Å². The average Bonchev–Trinajstić information content (AvgIpc) is 3.87. The number of fused-ring (bicyclic) bond motifs is 12. The summed E-state index contributed by atoms with van der Waals surface area (Å²) >= 11 is 0. The number of para-hydroxylation sites is 2. The monoisotopic (exact) mass is 874 g/mol. The lowest BCUT2D eigenvalue weighted by molar-refractivity contribution is 0.587. The van der Waals surface area contributed by atoms with Crippen molar-refractivity contribution in [3.63, 3.8) is 0 Å². The SMILES string of the molecule is CC(C)(C)c1ccc(N2B3c4c(cc(C(C)(C)C)cc4-n4c5ccc(C(C)(C)C)cc5c5c4c3cc3c4ccccc4n(-c4ccccc4)c35)C3=C2C(C)(C)c2ccc(C(C)(C)C)cc23)cc1. The molecule has 0 N–H and O–H groups in total. The summed E-state index contributed by atoms with van der Waals surface area (Å²) in [5.74, 6) is 0. The standard InChI is InChI=1S/C63H64BN3/c1-59(2,3)37-24-28-42(29-25-37)67-58-53(45-32-38(60(4,5)6)26-30-48(45)63(58,13)14)47-34-40(62(10,11)12)35-52-55(47)64(67)49-36-44-43-22-18-19-23-50(43)65(41-20-16-15-17-21-41)56(44)54-46-33-39(61(7,8)9)27-31-51(46)66(52)57(49)54/h15-36H,1-14H3. The zero-order valence-corrected chi connectivity index (χ0v) is 42.1. The summed E-state index contributed by atoms with van der Waals surface area (Å²) in [6.07, 6.45) is 0. The van der Waals surface area contributed by atoms with Gasteiger partial charge >= 0.3 is 6.85 Å². The average molecular weight is 874 g/mol. The van der Waals surface area contributed by atoms with Gasteiger partial charge in [-0.25, -0.2) is 0 Å². The highest BCUT2D eigenvalue weighted by molar-refractivity contribution is 6.93. The van der Waals surface area contributed by atoms with Crippen LogP contribution in [0.1, 0.15) is 136 Å². The maximum absolute atomic E-state index is 2.81. The summed E-state index contributed by atoms with van der Waals surface area (Å²) in [4.78, 5) is 2.81. The number of rotatable bonds is 2. The summed E-state index contributed by atoms with van der Waals surface area (Å²) < 4.78 is 5.25. The summed E-state index contributed by atoms with van der Waals surface area (Å²) in [6.45, 7) is 33.1.